The van der Waals surface area contributed by atoms with E-state index in [2.05, 4.69) is 135 Å². The van der Waals surface area contributed by atoms with Gasteiger partial charge in [0.2, 0.25) is 0 Å². The number of para-hydroxylation sites is 4. The summed E-state index contributed by atoms with van der Waals surface area (Å²) in [5.74, 6) is 0. The van der Waals surface area contributed by atoms with E-state index in [0.717, 1.165) is 82.8 Å². The normalized spacial score (nSPS) is 12.3. The van der Waals surface area contributed by atoms with Gasteiger partial charge in [-0.2, -0.15) is 0 Å². The summed E-state index contributed by atoms with van der Waals surface area (Å²) in [4.78, 5) is 15.4. The molecule has 0 amide bonds. The van der Waals surface area contributed by atoms with E-state index in [9.17, 15) is 0 Å². The van der Waals surface area contributed by atoms with Gasteiger partial charge in [0, 0.05) is 56.1 Å². The maximum absolute atomic E-state index is 5.59. The van der Waals surface area contributed by atoms with Crippen LogP contribution < -0.4 is 0 Å². The smallest absolute Gasteiger partial charge is 0.149 e. The summed E-state index contributed by atoms with van der Waals surface area (Å²) in [6.45, 7) is 0. The highest BCUT2D eigenvalue weighted by Gasteiger charge is 2.28. The average Bonchev–Trinajstić information content (AvgIpc) is 3.81. The van der Waals surface area contributed by atoms with Gasteiger partial charge >= 0.3 is 0 Å². The first-order valence-corrected chi connectivity index (χ1v) is 15.8. The van der Waals surface area contributed by atoms with E-state index in [-0.39, 0.29) is 0 Å². The van der Waals surface area contributed by atoms with Crippen LogP contribution in [-0.4, -0.2) is 28.5 Å². The molecular formula is C41H24N6. The van der Waals surface area contributed by atoms with Crippen LogP contribution in [0.1, 0.15) is 0 Å². The van der Waals surface area contributed by atoms with Crippen LogP contribution in [0.15, 0.2) is 146 Å². The van der Waals surface area contributed by atoms with E-state index in [1.165, 1.54) is 10.8 Å². The molecule has 11 aromatic rings. The Balaban J connectivity index is 1.56. The van der Waals surface area contributed by atoms with Crippen molar-refractivity contribution in [3.8, 4) is 11.4 Å². The molecule has 218 valence electrons. The maximum Gasteiger partial charge on any atom is 0.149 e. The van der Waals surface area contributed by atoms with Gasteiger partial charge in [0.25, 0.3) is 0 Å². The van der Waals surface area contributed by atoms with E-state index in [1.807, 2.05) is 24.5 Å². The molecule has 6 heteroatoms. The summed E-state index contributed by atoms with van der Waals surface area (Å²) < 4.78 is 7.12. The SMILES string of the molecule is c1ccc(-n2c3ccccc3c3c4nc5c6cccnc6c6cccnc6n5c4c4c(c5ccccc5n4-c4ccccc4)c32)cc1. The van der Waals surface area contributed by atoms with Crippen LogP contribution in [0.25, 0.3) is 93.6 Å². The number of fused-ring (bicyclic) bond motifs is 17. The summed E-state index contributed by atoms with van der Waals surface area (Å²) >= 11 is 0. The minimum absolute atomic E-state index is 0.841. The molecule has 47 heavy (non-hydrogen) atoms. The van der Waals surface area contributed by atoms with Gasteiger partial charge in [-0.15, -0.1) is 0 Å². The van der Waals surface area contributed by atoms with E-state index < -0.39 is 0 Å². The molecule has 0 bridgehead atoms. The third-order valence-corrected chi connectivity index (χ3v) is 9.66. The van der Waals surface area contributed by atoms with Crippen LogP contribution >= 0.6 is 0 Å². The van der Waals surface area contributed by atoms with Crippen LogP contribution in [0, 0.1) is 0 Å². The molecule has 0 fully saturated rings. The fraction of sp³-hybridized carbons (Fsp3) is 0. The molecule has 0 aliphatic heterocycles. The van der Waals surface area contributed by atoms with Gasteiger partial charge in [-0.1, -0.05) is 72.8 Å². The molecule has 6 nitrogen and oxygen atoms in total. The first-order valence-electron chi connectivity index (χ1n) is 15.8. The highest BCUT2D eigenvalue weighted by atomic mass is 15.1. The Kier molecular flexibility index (Phi) is 4.75. The number of rotatable bonds is 2. The average molecular weight is 601 g/mol. The molecule has 0 spiro atoms. The van der Waals surface area contributed by atoms with Crippen LogP contribution in [0.5, 0.6) is 0 Å². The van der Waals surface area contributed by atoms with Crippen LogP contribution in [0.3, 0.4) is 0 Å². The van der Waals surface area contributed by atoms with Crippen molar-refractivity contribution in [1.82, 2.24) is 28.5 Å². The summed E-state index contributed by atoms with van der Waals surface area (Å²) in [7, 11) is 0. The number of hydrogen-bond acceptors (Lipinski definition) is 3. The predicted octanol–water partition coefficient (Wildman–Crippen LogP) is 9.78. The van der Waals surface area contributed by atoms with Crippen LogP contribution in [0.4, 0.5) is 0 Å². The van der Waals surface area contributed by atoms with Gasteiger partial charge in [-0.3, -0.25) is 9.38 Å². The lowest BCUT2D eigenvalue weighted by Gasteiger charge is -2.12. The molecule has 0 saturated heterocycles. The minimum Gasteiger partial charge on any atom is -0.308 e. The Morgan fingerprint density at radius 1 is 0.383 bits per heavy atom. The van der Waals surface area contributed by atoms with Crippen molar-refractivity contribution < 1.29 is 0 Å². The van der Waals surface area contributed by atoms with Crippen molar-refractivity contribution in [3.05, 3.63) is 146 Å². The molecule has 6 aromatic heterocycles. The Morgan fingerprint density at radius 2 is 0.915 bits per heavy atom. The second kappa shape index (κ2) is 9.02. The Bertz CT molecular complexity index is 3060. The van der Waals surface area contributed by atoms with Crippen molar-refractivity contribution in [2.24, 2.45) is 0 Å². The Labute approximate surface area is 267 Å². The maximum atomic E-state index is 5.59. The molecule has 0 atom stereocenters. The van der Waals surface area contributed by atoms with Gasteiger partial charge < -0.3 is 9.13 Å². The Hall–Kier alpha value is -6.53. The lowest BCUT2D eigenvalue weighted by atomic mass is 10.1. The summed E-state index contributed by atoms with van der Waals surface area (Å²) in [6, 6.07) is 47.1. The van der Waals surface area contributed by atoms with Crippen molar-refractivity contribution in [2.45, 2.75) is 0 Å². The van der Waals surface area contributed by atoms with Crippen LogP contribution in [-0.2, 0) is 0 Å². The highest BCUT2D eigenvalue weighted by molar-refractivity contribution is 6.36. The first-order chi connectivity index (χ1) is 23.4. The number of hydrogen-bond donors (Lipinski definition) is 0. The third kappa shape index (κ3) is 3.11. The fourth-order valence-electron chi connectivity index (χ4n) is 7.87. The zero-order valence-corrected chi connectivity index (χ0v) is 25.0. The number of aromatic nitrogens is 6. The second-order valence-electron chi connectivity index (χ2n) is 12.1. The summed E-state index contributed by atoms with van der Waals surface area (Å²) in [6.07, 6.45) is 3.72. The van der Waals surface area contributed by atoms with Crippen molar-refractivity contribution in [2.75, 3.05) is 0 Å². The zero-order valence-electron chi connectivity index (χ0n) is 25.0. The topological polar surface area (TPSA) is 52.9 Å². The number of imidazole rings is 1. The third-order valence-electron chi connectivity index (χ3n) is 9.66. The molecule has 6 heterocycles. The largest absolute Gasteiger partial charge is 0.308 e. The first kappa shape index (κ1) is 24.8. The molecule has 0 saturated carbocycles. The Morgan fingerprint density at radius 3 is 1.60 bits per heavy atom. The molecule has 0 unspecified atom stereocenters. The molecule has 0 radical (unpaired) electrons. The molecule has 0 N–H and O–H groups in total. The molecular weight excluding hydrogens is 576 g/mol. The van der Waals surface area contributed by atoms with Crippen molar-refractivity contribution in [3.63, 3.8) is 0 Å². The van der Waals surface area contributed by atoms with E-state index in [1.54, 1.807) is 0 Å². The summed E-state index contributed by atoms with van der Waals surface area (Å²) in [5.41, 5.74) is 11.3. The lowest BCUT2D eigenvalue weighted by Crippen LogP contribution is -1.99. The molecule has 0 aliphatic carbocycles. The standard InChI is InChI=1S/C41H24N6/c1-3-13-25(14-4-1)45-31-21-9-7-17-27(31)33-36-39(47-40-29(19-12-24-43-40)35-30(41(47)44-36)20-11-23-42-35)38-34(37(33)45)28-18-8-10-22-32(28)46(38)26-15-5-2-6-16-26/h1-24H. The van der Waals surface area contributed by atoms with Gasteiger partial charge in [0.1, 0.15) is 22.3 Å². The molecule has 0 aliphatic rings. The number of pyridine rings is 3. The quantitative estimate of drug-likeness (QED) is 0.186. The van der Waals surface area contributed by atoms with Gasteiger partial charge in [-0.25, -0.2) is 9.97 Å². The molecule has 5 aromatic carbocycles. The number of nitrogens with zero attached hydrogens (tertiary/aromatic N) is 6. The predicted molar refractivity (Wildman–Crippen MR) is 192 cm³/mol. The van der Waals surface area contributed by atoms with Crippen molar-refractivity contribution >= 4 is 82.2 Å². The van der Waals surface area contributed by atoms with E-state index >= 15 is 0 Å². The van der Waals surface area contributed by atoms with Gasteiger partial charge in [0.05, 0.1) is 27.6 Å². The number of benzene rings is 5. The monoisotopic (exact) mass is 600 g/mol. The second-order valence-corrected chi connectivity index (χ2v) is 12.1. The fourth-order valence-corrected chi connectivity index (χ4v) is 7.87. The summed E-state index contributed by atoms with van der Waals surface area (Å²) in [5, 5.41) is 6.67. The van der Waals surface area contributed by atoms with Crippen molar-refractivity contribution in [1.29, 1.82) is 0 Å². The van der Waals surface area contributed by atoms with Crippen LogP contribution in [0.2, 0.25) is 0 Å². The zero-order chi connectivity index (χ0) is 30.6. The van der Waals surface area contributed by atoms with E-state index in [0.29, 0.717) is 0 Å². The van der Waals surface area contributed by atoms with Gasteiger partial charge in [0.15, 0.2) is 0 Å². The minimum atomic E-state index is 0.841. The highest BCUT2D eigenvalue weighted by Crippen LogP contribution is 2.47. The van der Waals surface area contributed by atoms with E-state index in [4.69, 9.17) is 15.0 Å². The molecule has 11 rings (SSSR count). The lowest BCUT2D eigenvalue weighted by molar-refractivity contribution is 1.17. The van der Waals surface area contributed by atoms with Gasteiger partial charge in [-0.05, 0) is 60.7 Å².